The zero-order valence-electron chi connectivity index (χ0n) is 21.8. The van der Waals surface area contributed by atoms with Gasteiger partial charge in [-0.3, -0.25) is 10.2 Å². The largest absolute Gasteiger partial charge is 0.454 e. The fraction of sp³-hybridized carbons (Fsp3) is 0.357. The molecule has 9 nitrogen and oxygen atoms in total. The van der Waals surface area contributed by atoms with Crippen LogP contribution in [0.5, 0.6) is 11.5 Å². The molecule has 2 aliphatic rings. The van der Waals surface area contributed by atoms with Crippen molar-refractivity contribution < 1.29 is 23.8 Å². The highest BCUT2D eigenvalue weighted by atomic mass is 32.1. The van der Waals surface area contributed by atoms with Gasteiger partial charge in [0.25, 0.3) is 0 Å². The second-order valence-corrected chi connectivity index (χ2v) is 11.2. The number of urea groups is 1. The lowest BCUT2D eigenvalue weighted by Gasteiger charge is -2.34. The third kappa shape index (κ3) is 6.38. The summed E-state index contributed by atoms with van der Waals surface area (Å²) in [4.78, 5) is 30.9. The summed E-state index contributed by atoms with van der Waals surface area (Å²) in [5, 5.41) is 7.80. The van der Waals surface area contributed by atoms with E-state index >= 15 is 0 Å². The Morgan fingerprint density at radius 3 is 2.47 bits per heavy atom. The molecule has 0 aliphatic carbocycles. The van der Waals surface area contributed by atoms with E-state index in [0.717, 1.165) is 47.1 Å². The molecule has 0 spiro atoms. The van der Waals surface area contributed by atoms with E-state index in [2.05, 4.69) is 15.5 Å². The molecule has 0 unspecified atom stereocenters. The van der Waals surface area contributed by atoms with Crippen LogP contribution in [0.1, 0.15) is 26.3 Å². The highest BCUT2D eigenvalue weighted by Crippen LogP contribution is 2.34. The standard InChI is InChI=1S/C28H32N4O5S/c1-28(2,3)37-27(34)30-21-8-7-20(25-5-4-14-38-25)16-22(21)29-26(33)32-12-10-31(11-13-32)17-19-6-9-23-24(15-19)36-18-35-23/h4-9,14-16H,10-13,17-18H2,1-3H3,(H,29,33)(H,30,34). The molecule has 0 saturated carbocycles. The highest BCUT2D eigenvalue weighted by molar-refractivity contribution is 7.13. The first-order valence-corrected chi connectivity index (χ1v) is 13.5. The number of carbonyl (C=O) groups is 2. The van der Waals surface area contributed by atoms with Crippen molar-refractivity contribution in [2.24, 2.45) is 0 Å². The predicted octanol–water partition coefficient (Wildman–Crippen LogP) is 5.84. The van der Waals surface area contributed by atoms with Gasteiger partial charge < -0.3 is 24.4 Å². The van der Waals surface area contributed by atoms with Crippen molar-refractivity contribution in [1.82, 2.24) is 9.80 Å². The second kappa shape index (κ2) is 10.9. The van der Waals surface area contributed by atoms with Gasteiger partial charge in [-0.2, -0.15) is 0 Å². The van der Waals surface area contributed by atoms with Gasteiger partial charge in [-0.15, -0.1) is 11.3 Å². The fourth-order valence-corrected chi connectivity index (χ4v) is 5.09. The van der Waals surface area contributed by atoms with Crippen LogP contribution in [0.15, 0.2) is 53.9 Å². The summed E-state index contributed by atoms with van der Waals surface area (Å²) in [5.41, 5.74) is 2.47. The number of ether oxygens (including phenoxy) is 3. The minimum Gasteiger partial charge on any atom is -0.454 e. The van der Waals surface area contributed by atoms with Gasteiger partial charge in [0.2, 0.25) is 6.79 Å². The normalized spacial score (nSPS) is 15.3. The highest BCUT2D eigenvalue weighted by Gasteiger charge is 2.24. The maximum Gasteiger partial charge on any atom is 0.412 e. The lowest BCUT2D eigenvalue weighted by Crippen LogP contribution is -2.49. The predicted molar refractivity (Wildman–Crippen MR) is 148 cm³/mol. The average molecular weight is 537 g/mol. The molecule has 2 N–H and O–H groups in total. The van der Waals surface area contributed by atoms with E-state index in [9.17, 15) is 9.59 Å². The number of piperazine rings is 1. The number of hydrogen-bond acceptors (Lipinski definition) is 7. The molecule has 0 bridgehead atoms. The van der Waals surface area contributed by atoms with E-state index in [0.29, 0.717) is 24.5 Å². The van der Waals surface area contributed by atoms with Gasteiger partial charge in [0, 0.05) is 37.6 Å². The number of fused-ring (bicyclic) bond motifs is 1. The summed E-state index contributed by atoms with van der Waals surface area (Å²) >= 11 is 1.61. The Morgan fingerprint density at radius 2 is 1.74 bits per heavy atom. The molecular formula is C28H32N4O5S. The quantitative estimate of drug-likeness (QED) is 0.426. The Kier molecular flexibility index (Phi) is 7.44. The van der Waals surface area contributed by atoms with Crippen molar-refractivity contribution in [2.45, 2.75) is 32.9 Å². The van der Waals surface area contributed by atoms with Crippen LogP contribution < -0.4 is 20.1 Å². The Labute approximate surface area is 226 Å². The number of benzene rings is 2. The molecule has 1 aromatic heterocycles. The van der Waals surface area contributed by atoms with Gasteiger partial charge in [0.15, 0.2) is 11.5 Å². The molecule has 2 aliphatic heterocycles. The number of rotatable bonds is 5. The van der Waals surface area contributed by atoms with Crippen molar-refractivity contribution in [1.29, 1.82) is 0 Å². The minimum absolute atomic E-state index is 0.205. The van der Waals surface area contributed by atoms with Crippen LogP contribution in [0.3, 0.4) is 0 Å². The fourth-order valence-electron chi connectivity index (χ4n) is 4.37. The third-order valence-corrected chi connectivity index (χ3v) is 7.12. The van der Waals surface area contributed by atoms with E-state index in [1.165, 1.54) is 0 Å². The van der Waals surface area contributed by atoms with Crippen molar-refractivity contribution >= 4 is 34.8 Å². The van der Waals surface area contributed by atoms with E-state index < -0.39 is 11.7 Å². The first-order valence-electron chi connectivity index (χ1n) is 12.6. The lowest BCUT2D eigenvalue weighted by atomic mass is 10.1. The number of nitrogens with one attached hydrogen (secondary N) is 2. The van der Waals surface area contributed by atoms with Gasteiger partial charge in [0.05, 0.1) is 11.4 Å². The van der Waals surface area contributed by atoms with Gasteiger partial charge in [0.1, 0.15) is 5.60 Å². The molecule has 2 aromatic carbocycles. The smallest absolute Gasteiger partial charge is 0.412 e. The number of amides is 3. The molecule has 3 aromatic rings. The van der Waals surface area contributed by atoms with Crippen LogP contribution in [0.25, 0.3) is 10.4 Å². The molecule has 0 atom stereocenters. The van der Waals surface area contributed by atoms with Crippen LogP contribution in [-0.2, 0) is 11.3 Å². The van der Waals surface area contributed by atoms with Gasteiger partial charge in [-0.1, -0.05) is 18.2 Å². The molecule has 5 rings (SSSR count). The van der Waals surface area contributed by atoms with Gasteiger partial charge in [-0.05, 0) is 67.6 Å². The summed E-state index contributed by atoms with van der Waals surface area (Å²) in [5.74, 6) is 1.56. The van der Waals surface area contributed by atoms with Crippen molar-refractivity contribution in [3.05, 3.63) is 59.5 Å². The maximum absolute atomic E-state index is 13.2. The summed E-state index contributed by atoms with van der Waals surface area (Å²) in [6.07, 6.45) is -0.575. The van der Waals surface area contributed by atoms with Crippen LogP contribution >= 0.6 is 11.3 Å². The number of carbonyl (C=O) groups excluding carboxylic acids is 2. The summed E-state index contributed by atoms with van der Waals surface area (Å²) in [6.45, 7) is 9.15. The number of hydrogen-bond donors (Lipinski definition) is 2. The minimum atomic E-state index is -0.634. The first-order chi connectivity index (χ1) is 18.2. The lowest BCUT2D eigenvalue weighted by molar-refractivity contribution is 0.0636. The SMILES string of the molecule is CC(C)(C)OC(=O)Nc1ccc(-c2cccs2)cc1NC(=O)N1CCN(Cc2ccc3c(c2)OCO3)CC1. The Hall–Kier alpha value is -3.76. The topological polar surface area (TPSA) is 92.4 Å². The number of nitrogens with zero attached hydrogens (tertiary/aromatic N) is 2. The van der Waals surface area contributed by atoms with Crippen LogP contribution in [0.2, 0.25) is 0 Å². The Bertz CT molecular complexity index is 1300. The molecule has 3 amide bonds. The van der Waals surface area contributed by atoms with Crippen LogP contribution in [0.4, 0.5) is 21.0 Å². The van der Waals surface area contributed by atoms with E-state index in [1.54, 1.807) is 43.1 Å². The van der Waals surface area contributed by atoms with E-state index in [1.807, 2.05) is 47.8 Å². The zero-order valence-corrected chi connectivity index (χ0v) is 22.6. The van der Waals surface area contributed by atoms with Gasteiger partial charge >= 0.3 is 12.1 Å². The third-order valence-electron chi connectivity index (χ3n) is 6.21. The van der Waals surface area contributed by atoms with Crippen molar-refractivity contribution in [3.8, 4) is 21.9 Å². The molecule has 1 fully saturated rings. The van der Waals surface area contributed by atoms with Crippen molar-refractivity contribution in [2.75, 3.05) is 43.6 Å². The molecular weight excluding hydrogens is 504 g/mol. The molecule has 200 valence electrons. The molecule has 1 saturated heterocycles. The number of anilines is 2. The van der Waals surface area contributed by atoms with Crippen molar-refractivity contribution in [3.63, 3.8) is 0 Å². The Balaban J connectivity index is 1.23. The molecule has 38 heavy (non-hydrogen) atoms. The summed E-state index contributed by atoms with van der Waals surface area (Å²) in [7, 11) is 0. The second-order valence-electron chi connectivity index (χ2n) is 10.2. The van der Waals surface area contributed by atoms with E-state index in [-0.39, 0.29) is 12.8 Å². The monoisotopic (exact) mass is 536 g/mol. The molecule has 10 heteroatoms. The maximum atomic E-state index is 13.2. The van der Waals surface area contributed by atoms with Gasteiger partial charge in [-0.25, -0.2) is 9.59 Å². The zero-order chi connectivity index (χ0) is 26.7. The summed E-state index contributed by atoms with van der Waals surface area (Å²) in [6, 6.07) is 15.4. The van der Waals surface area contributed by atoms with Crippen LogP contribution in [0, 0.1) is 0 Å². The summed E-state index contributed by atoms with van der Waals surface area (Å²) < 4.78 is 16.3. The average Bonchev–Trinajstić information content (AvgIpc) is 3.56. The number of thiophene rings is 1. The first kappa shape index (κ1) is 25.9. The van der Waals surface area contributed by atoms with E-state index in [4.69, 9.17) is 14.2 Å². The van der Waals surface area contributed by atoms with Crippen LogP contribution in [-0.4, -0.2) is 60.5 Å². The Morgan fingerprint density at radius 1 is 0.947 bits per heavy atom. The molecule has 0 radical (unpaired) electrons. The molecule has 3 heterocycles.